The Bertz CT molecular complexity index is 832. The molecule has 3 aliphatic rings. The van der Waals surface area contributed by atoms with Crippen molar-refractivity contribution in [1.82, 2.24) is 10.2 Å². The molecule has 1 amide bonds. The first-order valence-electron chi connectivity index (χ1n) is 12.8. The topological polar surface area (TPSA) is 76.0 Å². The van der Waals surface area contributed by atoms with Crippen LogP contribution in [-0.2, 0) is 4.79 Å². The van der Waals surface area contributed by atoms with Crippen LogP contribution in [0.2, 0.25) is 0 Å². The zero-order valence-electron chi connectivity index (χ0n) is 20.9. The SMILES string of the molecule is CC(=O)NC[C@H]1C[C@]2(C)[C@@H](CCCC[C@]2(C)O)N1CC1(O)CCN(c2ccc(C)cc2)CC1. The van der Waals surface area contributed by atoms with Crippen molar-refractivity contribution in [2.45, 2.75) is 95.9 Å². The van der Waals surface area contributed by atoms with E-state index in [1.807, 2.05) is 6.92 Å². The lowest BCUT2D eigenvalue weighted by molar-refractivity contribution is -0.119. The second-order valence-corrected chi connectivity index (χ2v) is 11.5. The summed E-state index contributed by atoms with van der Waals surface area (Å²) in [7, 11) is 0. The highest BCUT2D eigenvalue weighted by Crippen LogP contribution is 2.53. The van der Waals surface area contributed by atoms with E-state index >= 15 is 0 Å². The van der Waals surface area contributed by atoms with Gasteiger partial charge in [0.25, 0.3) is 0 Å². The average molecular weight is 458 g/mol. The Hall–Kier alpha value is -1.63. The minimum atomic E-state index is -0.751. The average Bonchev–Trinajstić information content (AvgIpc) is 2.96. The van der Waals surface area contributed by atoms with E-state index in [0.29, 0.717) is 13.1 Å². The number of β-amino-alcohol motifs (C(OH)–C–C–N with tert-alkyl or cyclic N) is 1. The Morgan fingerprint density at radius 2 is 1.76 bits per heavy atom. The molecule has 1 aliphatic carbocycles. The maximum Gasteiger partial charge on any atom is 0.216 e. The molecule has 2 aliphatic heterocycles. The van der Waals surface area contributed by atoms with Crippen molar-refractivity contribution in [3.8, 4) is 0 Å². The predicted molar refractivity (Wildman–Crippen MR) is 132 cm³/mol. The lowest BCUT2D eigenvalue weighted by Crippen LogP contribution is -2.57. The summed E-state index contributed by atoms with van der Waals surface area (Å²) in [6.07, 6.45) is 6.29. The zero-order chi connectivity index (χ0) is 23.9. The fraction of sp³-hybridized carbons (Fsp3) is 0.741. The van der Waals surface area contributed by atoms with Gasteiger partial charge in [0.1, 0.15) is 0 Å². The van der Waals surface area contributed by atoms with Crippen LogP contribution in [0.1, 0.15) is 71.3 Å². The lowest BCUT2D eigenvalue weighted by Gasteiger charge is -2.47. The van der Waals surface area contributed by atoms with Gasteiger partial charge in [-0.05, 0) is 58.1 Å². The highest BCUT2D eigenvalue weighted by Gasteiger charge is 2.58. The van der Waals surface area contributed by atoms with Gasteiger partial charge in [-0.3, -0.25) is 9.69 Å². The molecule has 3 N–H and O–H groups in total. The minimum Gasteiger partial charge on any atom is -0.390 e. The van der Waals surface area contributed by atoms with Crippen molar-refractivity contribution < 1.29 is 15.0 Å². The molecule has 2 heterocycles. The van der Waals surface area contributed by atoms with Crippen molar-refractivity contribution in [3.05, 3.63) is 29.8 Å². The number of nitrogens with one attached hydrogen (secondary N) is 1. The third-order valence-corrected chi connectivity index (χ3v) is 9.04. The van der Waals surface area contributed by atoms with Gasteiger partial charge in [0.05, 0.1) is 11.2 Å². The Morgan fingerprint density at radius 3 is 2.39 bits per heavy atom. The maximum absolute atomic E-state index is 11.7. The number of hydrogen-bond acceptors (Lipinski definition) is 5. The van der Waals surface area contributed by atoms with Gasteiger partial charge < -0.3 is 20.4 Å². The van der Waals surface area contributed by atoms with Crippen LogP contribution in [0.5, 0.6) is 0 Å². The molecule has 0 unspecified atom stereocenters. The first-order valence-corrected chi connectivity index (χ1v) is 12.8. The number of piperidine rings is 1. The fourth-order valence-electron chi connectivity index (χ4n) is 6.64. The summed E-state index contributed by atoms with van der Waals surface area (Å²) in [6.45, 7) is 10.7. The van der Waals surface area contributed by atoms with Crippen molar-refractivity contribution in [1.29, 1.82) is 0 Å². The number of anilines is 1. The first kappa shape index (κ1) is 24.5. The van der Waals surface area contributed by atoms with Crippen molar-refractivity contribution in [3.63, 3.8) is 0 Å². The normalized spacial score (nSPS) is 34.5. The molecule has 0 spiro atoms. The number of carbonyl (C=O) groups is 1. The number of fused-ring (bicyclic) bond motifs is 1. The second-order valence-electron chi connectivity index (χ2n) is 11.5. The number of rotatable bonds is 5. The van der Waals surface area contributed by atoms with Crippen LogP contribution < -0.4 is 10.2 Å². The van der Waals surface area contributed by atoms with Crippen molar-refractivity contribution in [2.24, 2.45) is 5.41 Å². The van der Waals surface area contributed by atoms with Crippen LogP contribution in [-0.4, -0.2) is 70.5 Å². The van der Waals surface area contributed by atoms with E-state index < -0.39 is 11.2 Å². The molecule has 1 aromatic rings. The molecule has 6 heteroatoms. The number of amides is 1. The summed E-state index contributed by atoms with van der Waals surface area (Å²) in [5.41, 5.74) is 0.744. The second kappa shape index (κ2) is 9.20. The van der Waals surface area contributed by atoms with Gasteiger partial charge in [-0.25, -0.2) is 0 Å². The molecule has 33 heavy (non-hydrogen) atoms. The minimum absolute atomic E-state index is 0.0240. The van der Waals surface area contributed by atoms with Gasteiger partial charge in [-0.2, -0.15) is 0 Å². The third kappa shape index (κ3) is 4.94. The molecule has 184 valence electrons. The molecular weight excluding hydrogens is 414 g/mol. The van der Waals surface area contributed by atoms with E-state index in [1.165, 1.54) is 11.3 Å². The predicted octanol–water partition coefficient (Wildman–Crippen LogP) is 3.24. The van der Waals surface area contributed by atoms with Crippen LogP contribution in [0, 0.1) is 12.3 Å². The maximum atomic E-state index is 11.7. The number of likely N-dealkylation sites (tertiary alicyclic amines) is 1. The van der Waals surface area contributed by atoms with E-state index in [2.05, 4.69) is 53.2 Å². The number of nitrogens with zero attached hydrogens (tertiary/aromatic N) is 2. The van der Waals surface area contributed by atoms with Gasteiger partial charge in [-0.15, -0.1) is 0 Å². The van der Waals surface area contributed by atoms with Crippen LogP contribution >= 0.6 is 0 Å². The molecule has 2 saturated heterocycles. The summed E-state index contributed by atoms with van der Waals surface area (Å²) in [5, 5.41) is 26.2. The highest BCUT2D eigenvalue weighted by molar-refractivity contribution is 5.72. The van der Waals surface area contributed by atoms with Crippen molar-refractivity contribution >= 4 is 11.6 Å². The summed E-state index contributed by atoms with van der Waals surface area (Å²) < 4.78 is 0. The molecular formula is C27H43N3O3. The number of benzene rings is 1. The van der Waals surface area contributed by atoms with Gasteiger partial charge in [0, 0.05) is 56.3 Å². The van der Waals surface area contributed by atoms with Crippen LogP contribution in [0.15, 0.2) is 24.3 Å². The van der Waals surface area contributed by atoms with Gasteiger partial charge in [0.2, 0.25) is 5.91 Å². The largest absolute Gasteiger partial charge is 0.390 e. The molecule has 4 rings (SSSR count). The Labute approximate surface area is 199 Å². The lowest BCUT2D eigenvalue weighted by atomic mass is 9.67. The number of aliphatic hydroxyl groups is 2. The fourth-order valence-corrected chi connectivity index (χ4v) is 6.64. The molecule has 0 radical (unpaired) electrons. The summed E-state index contributed by atoms with van der Waals surface area (Å²) in [5.74, 6) is -0.0240. The summed E-state index contributed by atoms with van der Waals surface area (Å²) in [4.78, 5) is 16.5. The van der Waals surface area contributed by atoms with Crippen LogP contribution in [0.3, 0.4) is 0 Å². The van der Waals surface area contributed by atoms with Crippen LogP contribution in [0.25, 0.3) is 0 Å². The van der Waals surface area contributed by atoms with E-state index in [0.717, 1.165) is 58.0 Å². The molecule has 1 aromatic carbocycles. The third-order valence-electron chi connectivity index (χ3n) is 9.04. The van der Waals surface area contributed by atoms with Crippen LogP contribution in [0.4, 0.5) is 5.69 Å². The molecule has 0 aromatic heterocycles. The van der Waals surface area contributed by atoms with Gasteiger partial charge >= 0.3 is 0 Å². The van der Waals surface area contributed by atoms with E-state index in [-0.39, 0.29) is 23.4 Å². The summed E-state index contributed by atoms with van der Waals surface area (Å²) >= 11 is 0. The van der Waals surface area contributed by atoms with E-state index in [1.54, 1.807) is 6.92 Å². The van der Waals surface area contributed by atoms with Gasteiger partial charge in [-0.1, -0.05) is 37.5 Å². The smallest absolute Gasteiger partial charge is 0.216 e. The molecule has 3 fully saturated rings. The monoisotopic (exact) mass is 457 g/mol. The van der Waals surface area contributed by atoms with E-state index in [4.69, 9.17) is 0 Å². The standard InChI is InChI=1S/C27H43N3O3/c1-20-8-10-22(11-9-20)29-15-13-27(33,14-16-29)19-30-23(18-28-21(2)31)17-25(3)24(30)7-5-6-12-26(25,4)32/h8-11,23-24,32-33H,5-7,12-19H2,1-4H3,(H,28,31)/t23-,24-,25-,26+/m1/s1. The Kier molecular flexibility index (Phi) is 6.83. The summed E-state index contributed by atoms with van der Waals surface area (Å²) in [6, 6.07) is 8.98. The van der Waals surface area contributed by atoms with E-state index in [9.17, 15) is 15.0 Å². The molecule has 1 saturated carbocycles. The molecule has 6 nitrogen and oxygen atoms in total. The van der Waals surface area contributed by atoms with Gasteiger partial charge in [0.15, 0.2) is 0 Å². The quantitative estimate of drug-likeness (QED) is 0.633. The number of carbonyl (C=O) groups excluding carboxylic acids is 1. The highest BCUT2D eigenvalue weighted by atomic mass is 16.3. The number of hydrogen-bond donors (Lipinski definition) is 3. The number of aryl methyl sites for hydroxylation is 1. The molecule has 0 bridgehead atoms. The zero-order valence-corrected chi connectivity index (χ0v) is 20.9. The Balaban J connectivity index is 1.51. The Morgan fingerprint density at radius 1 is 1.09 bits per heavy atom. The molecule has 4 atom stereocenters. The first-order chi connectivity index (χ1) is 15.5. The van der Waals surface area contributed by atoms with Crippen molar-refractivity contribution in [2.75, 3.05) is 31.1 Å².